The molecule has 4 heterocycles. The summed E-state index contributed by atoms with van der Waals surface area (Å²) in [5.74, 6) is -2.53. The third-order valence-corrected chi connectivity index (χ3v) is 10.5. The van der Waals surface area contributed by atoms with E-state index in [0.29, 0.717) is 23.6 Å². The highest BCUT2D eigenvalue weighted by molar-refractivity contribution is 8.02. The van der Waals surface area contributed by atoms with Crippen molar-refractivity contribution in [2.75, 3.05) is 24.7 Å². The lowest BCUT2D eigenvalue weighted by molar-refractivity contribution is -0.153. The second-order valence-electron chi connectivity index (χ2n) is 10.8. The number of carbonyl (C=O) groups excluding carboxylic acids is 3. The molecule has 208 valence electrons. The third kappa shape index (κ3) is 4.28. The van der Waals surface area contributed by atoms with E-state index in [9.17, 15) is 19.5 Å². The smallest absolute Gasteiger partial charge is 0.311 e. The summed E-state index contributed by atoms with van der Waals surface area (Å²) < 4.78 is 4.56. The number of hydrogen-bond acceptors (Lipinski definition) is 6. The van der Waals surface area contributed by atoms with E-state index in [2.05, 4.69) is 0 Å². The zero-order valence-corrected chi connectivity index (χ0v) is 23.7. The Kier molecular flexibility index (Phi) is 7.27. The first-order valence-corrected chi connectivity index (χ1v) is 14.9. The summed E-state index contributed by atoms with van der Waals surface area (Å²) >= 11 is 8.13. The van der Waals surface area contributed by atoms with Crippen molar-refractivity contribution in [3.05, 3.63) is 89.0 Å². The van der Waals surface area contributed by atoms with Crippen molar-refractivity contribution in [2.45, 2.75) is 41.8 Å². The molecule has 2 saturated heterocycles. The van der Waals surface area contributed by atoms with Gasteiger partial charge >= 0.3 is 5.97 Å². The number of anilines is 1. The van der Waals surface area contributed by atoms with E-state index in [1.54, 1.807) is 15.9 Å². The van der Waals surface area contributed by atoms with E-state index in [1.807, 2.05) is 73.7 Å². The Bertz CT molecular complexity index is 1380. The monoisotopic (exact) mass is 578 g/mol. The molecule has 4 aliphatic rings. The van der Waals surface area contributed by atoms with Crippen LogP contribution in [0.2, 0.25) is 5.02 Å². The number of amides is 2. The van der Waals surface area contributed by atoms with Gasteiger partial charge in [0, 0.05) is 11.8 Å². The van der Waals surface area contributed by atoms with Crippen molar-refractivity contribution in [1.29, 1.82) is 0 Å². The molecular weight excluding hydrogens is 548 g/mol. The molecule has 40 heavy (non-hydrogen) atoms. The van der Waals surface area contributed by atoms with Crippen LogP contribution in [0.5, 0.6) is 0 Å². The van der Waals surface area contributed by atoms with Gasteiger partial charge in [-0.15, -0.1) is 11.8 Å². The first kappa shape index (κ1) is 27.1. The number of rotatable bonds is 5. The van der Waals surface area contributed by atoms with Crippen LogP contribution in [0.3, 0.4) is 0 Å². The number of hydrogen-bond donors (Lipinski definition) is 1. The number of fused-ring (bicyclic) bond motifs is 2. The number of esters is 1. The highest BCUT2D eigenvalue weighted by atomic mass is 35.5. The summed E-state index contributed by atoms with van der Waals surface area (Å²) in [7, 11) is 0. The van der Waals surface area contributed by atoms with E-state index in [1.165, 1.54) is 11.8 Å². The maximum atomic E-state index is 14.7. The molecule has 9 heteroatoms. The minimum absolute atomic E-state index is 0.256. The molecule has 4 aliphatic heterocycles. The fraction of sp³-hybridized carbons (Fsp3) is 0.387. The number of halogens is 1. The Morgan fingerprint density at radius 3 is 2.65 bits per heavy atom. The zero-order valence-electron chi connectivity index (χ0n) is 22.1. The molecule has 2 aromatic rings. The highest BCUT2D eigenvalue weighted by Gasteiger charge is 2.71. The van der Waals surface area contributed by atoms with Gasteiger partial charge in [-0.05, 0) is 37.0 Å². The maximum Gasteiger partial charge on any atom is 0.311 e. The average molecular weight is 579 g/mol. The van der Waals surface area contributed by atoms with Crippen LogP contribution in [0.1, 0.15) is 17.5 Å². The van der Waals surface area contributed by atoms with Gasteiger partial charge in [-0.1, -0.05) is 78.4 Å². The Labute approximate surface area is 242 Å². The van der Waals surface area contributed by atoms with E-state index in [-0.39, 0.29) is 36.8 Å². The van der Waals surface area contributed by atoms with Gasteiger partial charge in [0.2, 0.25) is 5.91 Å². The predicted molar refractivity (Wildman–Crippen MR) is 155 cm³/mol. The lowest BCUT2D eigenvalue weighted by atomic mass is 9.78. The molecule has 0 saturated carbocycles. The molecule has 1 unspecified atom stereocenters. The van der Waals surface area contributed by atoms with Crippen LogP contribution in [0, 0.1) is 18.8 Å². The summed E-state index contributed by atoms with van der Waals surface area (Å²) in [4.78, 5) is 45.8. The van der Waals surface area contributed by atoms with Crippen molar-refractivity contribution in [2.24, 2.45) is 11.8 Å². The molecule has 6 rings (SSSR count). The number of para-hydroxylation sites is 1. The Hall–Kier alpha value is -3.07. The van der Waals surface area contributed by atoms with Crippen LogP contribution in [-0.4, -0.2) is 69.6 Å². The highest BCUT2D eigenvalue weighted by Crippen LogP contribution is 2.61. The quantitative estimate of drug-likeness (QED) is 0.427. The van der Waals surface area contributed by atoms with E-state index in [0.717, 1.165) is 11.1 Å². The van der Waals surface area contributed by atoms with Gasteiger partial charge < -0.3 is 19.6 Å². The fourth-order valence-corrected chi connectivity index (χ4v) is 9.05. The van der Waals surface area contributed by atoms with Crippen molar-refractivity contribution >= 4 is 46.8 Å². The predicted octanol–water partition coefficient (Wildman–Crippen LogP) is 3.96. The lowest BCUT2D eigenvalue weighted by Crippen LogP contribution is -2.57. The number of benzene rings is 2. The van der Waals surface area contributed by atoms with E-state index in [4.69, 9.17) is 16.3 Å². The second-order valence-corrected chi connectivity index (χ2v) is 12.6. The van der Waals surface area contributed by atoms with E-state index < -0.39 is 34.6 Å². The molecule has 0 bridgehead atoms. The summed E-state index contributed by atoms with van der Waals surface area (Å²) in [6.45, 7) is 2.10. The summed E-state index contributed by atoms with van der Waals surface area (Å²) in [6, 6.07) is 13.5. The average Bonchev–Trinajstić information content (AvgIpc) is 3.32. The number of ether oxygens (including phenoxy) is 1. The Morgan fingerprint density at radius 1 is 1.10 bits per heavy atom. The van der Waals surface area contributed by atoms with Crippen LogP contribution >= 0.6 is 23.4 Å². The van der Waals surface area contributed by atoms with E-state index >= 15 is 0 Å². The maximum absolute atomic E-state index is 14.7. The number of thioether (sulfide) groups is 1. The number of likely N-dealkylation sites (tertiary alicyclic amines) is 1. The van der Waals surface area contributed by atoms with Crippen molar-refractivity contribution in [3.8, 4) is 0 Å². The van der Waals surface area contributed by atoms with Gasteiger partial charge in [0.05, 0.1) is 46.5 Å². The standard InChI is InChI=1S/C31H31ClN2O5S/c1-19-9-7-12-22(32)26(19)33-15-8-14-31-25(24-23(40-31)13-5-6-16-39-30(24)38)28(36)34(27(31)29(33)37)21(18-35)17-20-10-3-2-4-11-20/h2-5,7-14,21,23-25,27,35H,6,15-18H2,1H3/t21-,23+,24-,25+,27?,31+/m1/s1. The number of aliphatic hydroxyl groups excluding tert-OH is 1. The molecule has 2 fully saturated rings. The third-order valence-electron chi connectivity index (χ3n) is 8.44. The van der Waals surface area contributed by atoms with Crippen LogP contribution in [0.15, 0.2) is 72.8 Å². The number of cyclic esters (lactones) is 1. The summed E-state index contributed by atoms with van der Waals surface area (Å²) in [6.07, 6.45) is 8.82. The first-order valence-electron chi connectivity index (χ1n) is 13.6. The molecule has 7 nitrogen and oxygen atoms in total. The number of aryl methyl sites for hydroxylation is 1. The van der Waals surface area contributed by atoms with Gasteiger partial charge in [-0.25, -0.2) is 0 Å². The molecular formula is C31H31ClN2O5S. The van der Waals surface area contributed by atoms with Crippen LogP contribution < -0.4 is 4.90 Å². The molecule has 2 aromatic carbocycles. The van der Waals surface area contributed by atoms with Crippen LogP contribution in [0.4, 0.5) is 5.69 Å². The molecule has 2 amide bonds. The SMILES string of the molecule is Cc1cccc(Cl)c1N1CC=C[C@]23S[C@H]4C=CCCOC(=O)[C@H]4[C@H]2C(=O)N([C@@H](CO)Cc2ccccc2)C3C1=O. The summed E-state index contributed by atoms with van der Waals surface area (Å²) in [5, 5.41) is 10.8. The van der Waals surface area contributed by atoms with Crippen LogP contribution in [-0.2, 0) is 25.5 Å². The van der Waals surface area contributed by atoms with Crippen molar-refractivity contribution in [3.63, 3.8) is 0 Å². The number of nitrogens with zero attached hydrogens (tertiary/aromatic N) is 2. The Morgan fingerprint density at radius 2 is 1.90 bits per heavy atom. The minimum Gasteiger partial charge on any atom is -0.465 e. The van der Waals surface area contributed by atoms with Crippen molar-refractivity contribution in [1.82, 2.24) is 4.90 Å². The number of carbonyl (C=O) groups is 3. The largest absolute Gasteiger partial charge is 0.465 e. The first-order chi connectivity index (χ1) is 19.4. The topological polar surface area (TPSA) is 87.2 Å². The van der Waals surface area contributed by atoms with Gasteiger partial charge in [0.25, 0.3) is 5.91 Å². The second kappa shape index (κ2) is 10.7. The normalized spacial score (nSPS) is 30.2. The molecule has 0 radical (unpaired) electrons. The molecule has 0 aliphatic carbocycles. The lowest BCUT2D eigenvalue weighted by Gasteiger charge is -2.39. The number of aliphatic hydroxyl groups is 1. The molecule has 1 spiro atoms. The van der Waals surface area contributed by atoms with Gasteiger partial charge in [-0.3, -0.25) is 14.4 Å². The van der Waals surface area contributed by atoms with Crippen molar-refractivity contribution < 1.29 is 24.2 Å². The molecule has 1 N–H and O–H groups in total. The summed E-state index contributed by atoms with van der Waals surface area (Å²) in [5.41, 5.74) is 2.38. The fourth-order valence-electron chi connectivity index (χ4n) is 6.74. The zero-order chi connectivity index (χ0) is 28.0. The van der Waals surface area contributed by atoms with Gasteiger partial charge in [0.15, 0.2) is 0 Å². The van der Waals surface area contributed by atoms with Gasteiger partial charge in [0.1, 0.15) is 6.04 Å². The molecule has 6 atom stereocenters. The Balaban J connectivity index is 1.50. The van der Waals surface area contributed by atoms with Crippen LogP contribution in [0.25, 0.3) is 0 Å². The minimum atomic E-state index is -1.01. The molecule has 0 aromatic heterocycles. The van der Waals surface area contributed by atoms with Gasteiger partial charge in [-0.2, -0.15) is 0 Å².